The van der Waals surface area contributed by atoms with Crippen molar-refractivity contribution in [3.8, 4) is 0 Å². The van der Waals surface area contributed by atoms with Crippen LogP contribution in [0.1, 0.15) is 11.1 Å². The molecular formula is C24H19NS. The molecule has 0 saturated carbocycles. The summed E-state index contributed by atoms with van der Waals surface area (Å²) in [6.45, 7) is 0. The van der Waals surface area contributed by atoms with Crippen LogP contribution in [0.4, 0.5) is 17.1 Å². The van der Waals surface area contributed by atoms with Crippen LogP contribution in [-0.4, -0.2) is 0 Å². The van der Waals surface area contributed by atoms with Crippen molar-refractivity contribution in [3.63, 3.8) is 0 Å². The van der Waals surface area contributed by atoms with Crippen LogP contribution < -0.4 is 4.90 Å². The molecule has 0 atom stereocenters. The second-order valence-corrected chi connectivity index (χ2v) is 6.77. The molecule has 0 N–H and O–H groups in total. The second kappa shape index (κ2) is 7.85. The Labute approximate surface area is 158 Å². The molecular weight excluding hydrogens is 334 g/mol. The maximum atomic E-state index is 2.27. The molecule has 0 spiro atoms. The highest BCUT2D eigenvalue weighted by molar-refractivity contribution is 7.08. The fourth-order valence-corrected chi connectivity index (χ4v) is 3.53. The quantitative estimate of drug-likeness (QED) is 0.361. The van der Waals surface area contributed by atoms with E-state index in [0.29, 0.717) is 0 Å². The second-order valence-electron chi connectivity index (χ2n) is 5.99. The van der Waals surface area contributed by atoms with Crippen LogP contribution in [0.3, 0.4) is 0 Å². The lowest BCUT2D eigenvalue weighted by Crippen LogP contribution is -2.09. The van der Waals surface area contributed by atoms with Gasteiger partial charge in [-0.25, -0.2) is 0 Å². The minimum absolute atomic E-state index is 1.15. The Kier molecular flexibility index (Phi) is 4.95. The molecule has 0 saturated heterocycles. The van der Waals surface area contributed by atoms with Crippen LogP contribution in [0.5, 0.6) is 0 Å². The smallest absolute Gasteiger partial charge is 0.0462 e. The molecule has 0 aliphatic rings. The van der Waals surface area contributed by atoms with Crippen molar-refractivity contribution in [1.29, 1.82) is 0 Å². The van der Waals surface area contributed by atoms with E-state index in [0.717, 1.165) is 17.1 Å². The van der Waals surface area contributed by atoms with Crippen LogP contribution in [0.15, 0.2) is 102 Å². The Hall–Kier alpha value is -3.10. The minimum atomic E-state index is 1.15. The third-order valence-electron chi connectivity index (χ3n) is 4.19. The maximum Gasteiger partial charge on any atom is 0.0462 e. The largest absolute Gasteiger partial charge is 0.311 e. The Balaban J connectivity index is 1.66. The molecule has 0 radical (unpaired) electrons. The molecule has 0 amide bonds. The molecule has 1 heterocycles. The Morgan fingerprint density at radius 1 is 0.538 bits per heavy atom. The van der Waals surface area contributed by atoms with Gasteiger partial charge >= 0.3 is 0 Å². The fourth-order valence-electron chi connectivity index (χ4n) is 2.90. The highest BCUT2D eigenvalue weighted by Gasteiger charge is 2.11. The molecule has 0 fully saturated rings. The molecule has 0 aliphatic carbocycles. The first-order valence-electron chi connectivity index (χ1n) is 8.61. The van der Waals surface area contributed by atoms with E-state index in [1.807, 2.05) is 12.1 Å². The van der Waals surface area contributed by atoms with E-state index in [-0.39, 0.29) is 0 Å². The molecule has 0 bridgehead atoms. The number of benzene rings is 3. The van der Waals surface area contributed by atoms with Crippen LogP contribution in [0.2, 0.25) is 0 Å². The van der Waals surface area contributed by atoms with Crippen LogP contribution in [0, 0.1) is 0 Å². The summed E-state index contributed by atoms with van der Waals surface area (Å²) in [6, 6.07) is 31.7. The number of rotatable bonds is 5. The predicted molar refractivity (Wildman–Crippen MR) is 114 cm³/mol. The molecule has 3 aromatic carbocycles. The Morgan fingerprint density at radius 2 is 1.08 bits per heavy atom. The first kappa shape index (κ1) is 16.4. The van der Waals surface area contributed by atoms with Gasteiger partial charge in [-0.3, -0.25) is 0 Å². The predicted octanol–water partition coefficient (Wildman–Crippen LogP) is 7.39. The first-order valence-corrected chi connectivity index (χ1v) is 9.55. The van der Waals surface area contributed by atoms with E-state index in [1.165, 1.54) is 11.1 Å². The number of thiophene rings is 1. The third kappa shape index (κ3) is 3.76. The third-order valence-corrected chi connectivity index (χ3v) is 4.89. The zero-order chi connectivity index (χ0) is 17.6. The molecule has 0 unspecified atom stereocenters. The highest BCUT2D eigenvalue weighted by atomic mass is 32.1. The van der Waals surface area contributed by atoms with Crippen LogP contribution in [-0.2, 0) is 0 Å². The summed E-state index contributed by atoms with van der Waals surface area (Å²) in [5, 5.41) is 4.25. The Morgan fingerprint density at radius 3 is 1.62 bits per heavy atom. The summed E-state index contributed by atoms with van der Waals surface area (Å²) in [7, 11) is 0. The SMILES string of the molecule is C(=C\c1ccsc1)/c1ccc(N(c2ccccc2)c2ccccc2)cc1. The molecule has 26 heavy (non-hydrogen) atoms. The van der Waals surface area contributed by atoms with Gasteiger partial charge in [-0.2, -0.15) is 11.3 Å². The van der Waals surface area contributed by atoms with Gasteiger partial charge in [0.05, 0.1) is 0 Å². The molecule has 1 aromatic heterocycles. The number of hydrogen-bond acceptors (Lipinski definition) is 2. The summed E-state index contributed by atoms with van der Waals surface area (Å²) < 4.78 is 0. The van der Waals surface area contributed by atoms with Gasteiger partial charge in [0.2, 0.25) is 0 Å². The lowest BCUT2D eigenvalue weighted by molar-refractivity contribution is 1.28. The average Bonchev–Trinajstić information content (AvgIpc) is 3.23. The topological polar surface area (TPSA) is 3.24 Å². The normalized spacial score (nSPS) is 10.9. The standard InChI is InChI=1S/C24H19NS/c1-3-7-22(8-4-1)25(23-9-5-2-6-10-23)24-15-13-20(14-16-24)11-12-21-17-18-26-19-21/h1-19H/b12-11+. The molecule has 126 valence electrons. The molecule has 4 rings (SSSR count). The lowest BCUT2D eigenvalue weighted by atomic mass is 10.1. The minimum Gasteiger partial charge on any atom is -0.311 e. The number of anilines is 3. The summed E-state index contributed by atoms with van der Waals surface area (Å²) in [6.07, 6.45) is 4.30. The van der Waals surface area contributed by atoms with E-state index < -0.39 is 0 Å². The molecule has 1 nitrogen and oxygen atoms in total. The summed E-state index contributed by atoms with van der Waals surface area (Å²) >= 11 is 1.72. The number of hydrogen-bond donors (Lipinski definition) is 0. The molecule has 0 aliphatic heterocycles. The van der Waals surface area contributed by atoms with Gasteiger partial charge in [-0.05, 0) is 64.4 Å². The van der Waals surface area contributed by atoms with Crippen molar-refractivity contribution in [2.75, 3.05) is 4.90 Å². The van der Waals surface area contributed by atoms with E-state index in [9.17, 15) is 0 Å². The van der Waals surface area contributed by atoms with Crippen molar-refractivity contribution in [3.05, 3.63) is 113 Å². The van der Waals surface area contributed by atoms with Gasteiger partial charge in [-0.1, -0.05) is 60.7 Å². The average molecular weight is 353 g/mol. The van der Waals surface area contributed by atoms with E-state index in [4.69, 9.17) is 0 Å². The number of para-hydroxylation sites is 2. The van der Waals surface area contributed by atoms with Crippen molar-refractivity contribution in [2.45, 2.75) is 0 Å². The van der Waals surface area contributed by atoms with Gasteiger partial charge in [-0.15, -0.1) is 0 Å². The van der Waals surface area contributed by atoms with Crippen LogP contribution in [0.25, 0.3) is 12.2 Å². The van der Waals surface area contributed by atoms with E-state index in [1.54, 1.807) is 11.3 Å². The van der Waals surface area contributed by atoms with Gasteiger partial charge < -0.3 is 4.90 Å². The highest BCUT2D eigenvalue weighted by Crippen LogP contribution is 2.34. The van der Waals surface area contributed by atoms with Crippen molar-refractivity contribution in [2.24, 2.45) is 0 Å². The lowest BCUT2D eigenvalue weighted by Gasteiger charge is -2.25. The molecule has 2 heteroatoms. The zero-order valence-corrected chi connectivity index (χ0v) is 15.1. The fraction of sp³-hybridized carbons (Fsp3) is 0. The van der Waals surface area contributed by atoms with E-state index >= 15 is 0 Å². The maximum absolute atomic E-state index is 2.27. The van der Waals surface area contributed by atoms with Gasteiger partial charge in [0, 0.05) is 17.1 Å². The van der Waals surface area contributed by atoms with Crippen molar-refractivity contribution < 1.29 is 0 Å². The first-order chi connectivity index (χ1) is 12.9. The van der Waals surface area contributed by atoms with Gasteiger partial charge in [0.15, 0.2) is 0 Å². The van der Waals surface area contributed by atoms with Crippen molar-refractivity contribution >= 4 is 40.6 Å². The van der Waals surface area contributed by atoms with E-state index in [2.05, 4.69) is 107 Å². The van der Waals surface area contributed by atoms with Crippen molar-refractivity contribution in [1.82, 2.24) is 0 Å². The van der Waals surface area contributed by atoms with Crippen LogP contribution >= 0.6 is 11.3 Å². The van der Waals surface area contributed by atoms with Gasteiger partial charge in [0.1, 0.15) is 0 Å². The Bertz CT molecular complexity index is 916. The summed E-state index contributed by atoms with van der Waals surface area (Å²) in [5.74, 6) is 0. The monoisotopic (exact) mass is 353 g/mol. The molecule has 4 aromatic rings. The zero-order valence-electron chi connectivity index (χ0n) is 14.3. The summed E-state index contributed by atoms with van der Waals surface area (Å²) in [5.41, 5.74) is 5.89. The summed E-state index contributed by atoms with van der Waals surface area (Å²) in [4.78, 5) is 2.27. The van der Waals surface area contributed by atoms with Gasteiger partial charge in [0.25, 0.3) is 0 Å². The number of nitrogens with zero attached hydrogens (tertiary/aromatic N) is 1.